The van der Waals surface area contributed by atoms with E-state index in [0.717, 1.165) is 16.2 Å². The van der Waals surface area contributed by atoms with E-state index in [1.807, 2.05) is 42.5 Å². The zero-order chi connectivity index (χ0) is 22.3. The number of amides is 1. The van der Waals surface area contributed by atoms with E-state index in [4.69, 9.17) is 30.5 Å². The van der Waals surface area contributed by atoms with Crippen LogP contribution in [-0.4, -0.2) is 31.4 Å². The number of methoxy groups -OCH3 is 1. The molecule has 9 heteroatoms. The molecule has 1 amide bonds. The van der Waals surface area contributed by atoms with E-state index < -0.39 is 0 Å². The molecule has 0 spiro atoms. The molecule has 166 valence electrons. The topological polar surface area (TPSA) is 78.9 Å². The van der Waals surface area contributed by atoms with Gasteiger partial charge in [-0.1, -0.05) is 17.7 Å². The Morgan fingerprint density at radius 2 is 1.94 bits per heavy atom. The van der Waals surface area contributed by atoms with Crippen molar-refractivity contribution in [3.8, 4) is 23.0 Å². The van der Waals surface area contributed by atoms with Crippen LogP contribution in [0.3, 0.4) is 0 Å². The lowest BCUT2D eigenvalue weighted by molar-refractivity contribution is -0.123. The maximum atomic E-state index is 12.3. The smallest absolute Gasteiger partial charge is 0.258 e. The average Bonchev–Trinajstić information content (AvgIpc) is 3.29. The van der Waals surface area contributed by atoms with Crippen molar-refractivity contribution in [2.45, 2.75) is 17.2 Å². The van der Waals surface area contributed by atoms with Gasteiger partial charge in [-0.3, -0.25) is 9.78 Å². The maximum Gasteiger partial charge on any atom is 0.258 e. The summed E-state index contributed by atoms with van der Waals surface area (Å²) in [5, 5.41) is 3.53. The van der Waals surface area contributed by atoms with Crippen molar-refractivity contribution in [1.82, 2.24) is 10.3 Å². The second-order valence-corrected chi connectivity index (χ2v) is 8.31. The minimum atomic E-state index is -0.251. The number of carbonyl (C=O) groups is 1. The first-order valence-corrected chi connectivity index (χ1v) is 11.2. The first-order chi connectivity index (χ1) is 15.6. The highest BCUT2D eigenvalue weighted by Gasteiger charge is 2.14. The van der Waals surface area contributed by atoms with Crippen LogP contribution in [0.4, 0.5) is 0 Å². The third kappa shape index (κ3) is 5.77. The number of hydrogen-bond donors (Lipinski definition) is 1. The van der Waals surface area contributed by atoms with Crippen molar-refractivity contribution in [2.24, 2.45) is 0 Å². The van der Waals surface area contributed by atoms with Crippen LogP contribution in [-0.2, 0) is 17.1 Å². The Morgan fingerprint density at radius 1 is 1.12 bits per heavy atom. The van der Waals surface area contributed by atoms with Crippen LogP contribution in [0.5, 0.6) is 23.0 Å². The Hall–Kier alpha value is -3.10. The largest absolute Gasteiger partial charge is 0.491 e. The number of hydrogen-bond acceptors (Lipinski definition) is 7. The number of halogens is 1. The first kappa shape index (κ1) is 22.1. The number of nitrogens with one attached hydrogen (secondary N) is 1. The Morgan fingerprint density at radius 3 is 2.75 bits per heavy atom. The fraction of sp³-hybridized carbons (Fsp3) is 0.217. The van der Waals surface area contributed by atoms with Gasteiger partial charge in [0.2, 0.25) is 6.79 Å². The van der Waals surface area contributed by atoms with Crippen molar-refractivity contribution < 1.29 is 23.7 Å². The van der Waals surface area contributed by atoms with Crippen molar-refractivity contribution in [3.63, 3.8) is 0 Å². The monoisotopic (exact) mass is 472 g/mol. The van der Waals surface area contributed by atoms with E-state index in [1.54, 1.807) is 24.0 Å². The number of pyridine rings is 1. The van der Waals surface area contributed by atoms with Crippen LogP contribution in [0.2, 0.25) is 5.02 Å². The maximum absolute atomic E-state index is 12.3. The summed E-state index contributed by atoms with van der Waals surface area (Å²) in [6.45, 7) is 0.428. The molecule has 0 saturated heterocycles. The van der Waals surface area contributed by atoms with Gasteiger partial charge < -0.3 is 24.3 Å². The molecule has 0 unspecified atom stereocenters. The molecule has 0 bridgehead atoms. The molecule has 32 heavy (non-hydrogen) atoms. The summed E-state index contributed by atoms with van der Waals surface area (Å²) >= 11 is 7.55. The summed E-state index contributed by atoms with van der Waals surface area (Å²) in [4.78, 5) is 17.8. The Balaban J connectivity index is 1.30. The van der Waals surface area contributed by atoms with E-state index >= 15 is 0 Å². The number of aromatic nitrogens is 1. The zero-order valence-corrected chi connectivity index (χ0v) is 18.9. The van der Waals surface area contributed by atoms with Gasteiger partial charge in [0.15, 0.2) is 29.6 Å². The standard InChI is InChI=1S/C23H21ClN2O5S/c1-28-22-11-25-17(13-32-18-5-3-16(24)4-6-18)9-21(22)29-12-23(27)26-10-15-2-7-19-20(8-15)31-14-30-19/h2-9,11H,10,12-14H2,1H3,(H,26,27). The summed E-state index contributed by atoms with van der Waals surface area (Å²) in [5.74, 6) is 2.70. The van der Waals surface area contributed by atoms with Crippen LogP contribution in [0.15, 0.2) is 59.6 Å². The molecule has 0 saturated carbocycles. The third-order valence-electron chi connectivity index (χ3n) is 4.59. The molecule has 1 N–H and O–H groups in total. The van der Waals surface area contributed by atoms with E-state index in [2.05, 4.69) is 10.3 Å². The molecule has 3 aromatic rings. The van der Waals surface area contributed by atoms with Crippen LogP contribution in [0.1, 0.15) is 11.3 Å². The normalized spacial score (nSPS) is 11.8. The number of nitrogens with zero attached hydrogens (tertiary/aromatic N) is 1. The number of thioether (sulfide) groups is 1. The quantitative estimate of drug-likeness (QED) is 0.460. The highest BCUT2D eigenvalue weighted by molar-refractivity contribution is 7.98. The zero-order valence-electron chi connectivity index (χ0n) is 17.3. The van der Waals surface area contributed by atoms with Crippen molar-refractivity contribution in [2.75, 3.05) is 20.5 Å². The van der Waals surface area contributed by atoms with E-state index in [9.17, 15) is 4.79 Å². The lowest BCUT2D eigenvalue weighted by Crippen LogP contribution is -2.28. The lowest BCUT2D eigenvalue weighted by Gasteiger charge is -2.12. The summed E-state index contributed by atoms with van der Waals surface area (Å²) in [5.41, 5.74) is 1.71. The van der Waals surface area contributed by atoms with Gasteiger partial charge in [-0.05, 0) is 42.0 Å². The van der Waals surface area contributed by atoms with Crippen molar-refractivity contribution >= 4 is 29.3 Å². The Labute approximate surface area is 195 Å². The van der Waals surface area contributed by atoms with Crippen molar-refractivity contribution in [3.05, 3.63) is 71.0 Å². The molecule has 0 atom stereocenters. The van der Waals surface area contributed by atoms with Crippen LogP contribution in [0.25, 0.3) is 0 Å². The molecular formula is C23H21ClN2O5S. The van der Waals surface area contributed by atoms with E-state index in [1.165, 1.54) is 7.11 Å². The van der Waals surface area contributed by atoms with E-state index in [-0.39, 0.29) is 19.3 Å². The number of carbonyl (C=O) groups excluding carboxylic acids is 1. The summed E-state index contributed by atoms with van der Waals surface area (Å²) < 4.78 is 21.7. The lowest BCUT2D eigenvalue weighted by atomic mass is 10.2. The average molecular weight is 473 g/mol. The Kier molecular flexibility index (Phi) is 7.24. The third-order valence-corrected chi connectivity index (χ3v) is 5.89. The molecule has 7 nitrogen and oxygen atoms in total. The van der Waals surface area contributed by atoms with Crippen LogP contribution >= 0.6 is 23.4 Å². The molecule has 0 aliphatic carbocycles. The number of ether oxygens (including phenoxy) is 4. The molecular weight excluding hydrogens is 452 g/mol. The van der Waals surface area contributed by atoms with Crippen molar-refractivity contribution in [1.29, 1.82) is 0 Å². The number of benzene rings is 2. The molecule has 0 radical (unpaired) electrons. The predicted molar refractivity (Wildman–Crippen MR) is 122 cm³/mol. The van der Waals surface area contributed by atoms with Crippen LogP contribution in [0, 0.1) is 0 Å². The van der Waals surface area contributed by atoms with Gasteiger partial charge in [-0.2, -0.15) is 0 Å². The van der Waals surface area contributed by atoms with Gasteiger partial charge in [0.1, 0.15) is 0 Å². The number of rotatable bonds is 9. The van der Waals surface area contributed by atoms with Gasteiger partial charge in [-0.15, -0.1) is 11.8 Å². The molecule has 1 aromatic heterocycles. The van der Waals surface area contributed by atoms with Crippen LogP contribution < -0.4 is 24.3 Å². The number of fused-ring (bicyclic) bond motifs is 1. The minimum Gasteiger partial charge on any atom is -0.491 e. The predicted octanol–water partition coefficient (Wildman–Crippen LogP) is 4.46. The second kappa shape index (κ2) is 10.5. The summed E-state index contributed by atoms with van der Waals surface area (Å²) in [6.07, 6.45) is 1.59. The minimum absolute atomic E-state index is 0.144. The molecule has 2 aromatic carbocycles. The van der Waals surface area contributed by atoms with Gasteiger partial charge in [0.05, 0.1) is 19.0 Å². The molecule has 0 fully saturated rings. The molecule has 4 rings (SSSR count). The second-order valence-electron chi connectivity index (χ2n) is 6.82. The van der Waals surface area contributed by atoms with Gasteiger partial charge >= 0.3 is 0 Å². The summed E-state index contributed by atoms with van der Waals surface area (Å²) in [7, 11) is 1.53. The van der Waals surface area contributed by atoms with E-state index in [0.29, 0.717) is 40.3 Å². The molecule has 1 aliphatic rings. The fourth-order valence-corrected chi connectivity index (χ4v) is 3.87. The first-order valence-electron chi connectivity index (χ1n) is 9.80. The molecule has 1 aliphatic heterocycles. The van der Waals surface area contributed by atoms with Gasteiger partial charge in [-0.25, -0.2) is 0 Å². The highest BCUT2D eigenvalue weighted by Crippen LogP contribution is 2.32. The Bertz CT molecular complexity index is 1090. The fourth-order valence-electron chi connectivity index (χ4n) is 2.94. The SMILES string of the molecule is COc1cnc(CSc2ccc(Cl)cc2)cc1OCC(=O)NCc1ccc2c(c1)OCO2. The molecule has 2 heterocycles. The van der Waals surface area contributed by atoms with Gasteiger partial charge in [0.25, 0.3) is 5.91 Å². The van der Waals surface area contributed by atoms with Gasteiger partial charge in [0, 0.05) is 28.3 Å². The highest BCUT2D eigenvalue weighted by atomic mass is 35.5. The summed E-state index contributed by atoms with van der Waals surface area (Å²) in [6, 6.07) is 14.9.